The number of quaternary nitrogens is 1. The highest BCUT2D eigenvalue weighted by molar-refractivity contribution is 7.98. The third-order valence-electron chi connectivity index (χ3n) is 4.84. The van der Waals surface area contributed by atoms with Gasteiger partial charge in [0.25, 0.3) is 5.91 Å². The topological polar surface area (TPSA) is 42.8 Å². The first-order chi connectivity index (χ1) is 13.2. The number of rotatable bonds is 8. The largest absolute Gasteiger partial charge is 0.370 e. The van der Waals surface area contributed by atoms with Gasteiger partial charge in [0.15, 0.2) is 0 Å². The quantitative estimate of drug-likeness (QED) is 0.541. The van der Waals surface area contributed by atoms with Gasteiger partial charge in [0.05, 0.1) is 19.8 Å². The second-order valence-electron chi connectivity index (χ2n) is 7.02. The first kappa shape index (κ1) is 19.9. The van der Waals surface area contributed by atoms with Crippen molar-refractivity contribution < 1.29 is 14.4 Å². The van der Waals surface area contributed by atoms with Crippen LogP contribution in [-0.2, 0) is 10.5 Å². The highest BCUT2D eigenvalue weighted by Crippen LogP contribution is 2.23. The molecular formula is C22H29N2O2S+. The summed E-state index contributed by atoms with van der Waals surface area (Å²) in [5, 5.41) is 3.03. The molecule has 0 saturated carbocycles. The molecule has 4 nitrogen and oxygen atoms in total. The van der Waals surface area contributed by atoms with E-state index in [0.29, 0.717) is 0 Å². The van der Waals surface area contributed by atoms with Crippen LogP contribution in [0.25, 0.3) is 0 Å². The van der Waals surface area contributed by atoms with Crippen molar-refractivity contribution in [2.75, 3.05) is 39.4 Å². The number of aryl methyl sites for hydroxylation is 1. The Hall–Kier alpha value is -1.82. The molecule has 3 rings (SSSR count). The number of amides is 1. The molecule has 0 spiro atoms. The Balaban J connectivity index is 1.38. The maximum absolute atomic E-state index is 12.3. The van der Waals surface area contributed by atoms with Crippen molar-refractivity contribution in [1.82, 2.24) is 5.32 Å². The Morgan fingerprint density at radius 3 is 2.48 bits per heavy atom. The molecule has 1 saturated heterocycles. The molecule has 1 amide bonds. The number of carbonyl (C=O) groups is 1. The molecule has 0 bridgehead atoms. The Morgan fingerprint density at radius 1 is 1.07 bits per heavy atom. The first-order valence-corrected chi connectivity index (χ1v) is 10.7. The second-order valence-corrected chi connectivity index (χ2v) is 8.07. The van der Waals surface area contributed by atoms with Crippen LogP contribution in [0.15, 0.2) is 53.4 Å². The zero-order valence-corrected chi connectivity index (χ0v) is 16.8. The lowest BCUT2D eigenvalue weighted by Crippen LogP contribution is -3.14. The summed E-state index contributed by atoms with van der Waals surface area (Å²) in [6, 6.07) is 16.5. The molecule has 0 aliphatic carbocycles. The van der Waals surface area contributed by atoms with Crippen LogP contribution < -0.4 is 10.2 Å². The predicted molar refractivity (Wildman–Crippen MR) is 111 cm³/mol. The molecule has 2 aromatic rings. The van der Waals surface area contributed by atoms with Crippen LogP contribution in [0, 0.1) is 6.92 Å². The van der Waals surface area contributed by atoms with E-state index in [1.165, 1.54) is 16.0 Å². The average Bonchev–Trinajstić information content (AvgIpc) is 2.72. The normalized spacial score (nSPS) is 14.9. The summed E-state index contributed by atoms with van der Waals surface area (Å²) in [6.45, 7) is 7.80. The molecule has 2 aromatic carbocycles. The van der Waals surface area contributed by atoms with E-state index in [1.807, 2.05) is 36.0 Å². The van der Waals surface area contributed by atoms with Gasteiger partial charge in [-0.25, -0.2) is 0 Å². The smallest absolute Gasteiger partial charge is 0.251 e. The minimum absolute atomic E-state index is 0.0183. The standard InChI is InChI=1S/C22H28N2O2S/c1-18-3-9-21(10-4-18)27-17-19-5-7-20(8-6-19)22(25)23-11-2-12-24-13-15-26-16-14-24/h3-10H,2,11-17H2,1H3,(H,23,25)/p+1. The molecule has 0 aromatic heterocycles. The zero-order chi connectivity index (χ0) is 18.9. The first-order valence-electron chi connectivity index (χ1n) is 9.68. The SMILES string of the molecule is Cc1ccc(SCc2ccc(C(=O)NCCC[NH+]3CCOCC3)cc2)cc1. The van der Waals surface area contributed by atoms with Crippen LogP contribution in [0.5, 0.6) is 0 Å². The maximum Gasteiger partial charge on any atom is 0.251 e. The van der Waals surface area contributed by atoms with Crippen LogP contribution in [0.3, 0.4) is 0 Å². The Labute approximate surface area is 166 Å². The highest BCUT2D eigenvalue weighted by Gasteiger charge is 2.13. The van der Waals surface area contributed by atoms with Crippen molar-refractivity contribution in [2.24, 2.45) is 0 Å². The molecule has 144 valence electrons. The van der Waals surface area contributed by atoms with Gasteiger partial charge in [-0.3, -0.25) is 4.79 Å². The van der Waals surface area contributed by atoms with Crippen LogP contribution in [-0.4, -0.2) is 45.3 Å². The lowest BCUT2D eigenvalue weighted by Gasteiger charge is -2.23. The third-order valence-corrected chi connectivity index (χ3v) is 5.92. The van der Waals surface area contributed by atoms with Crippen molar-refractivity contribution in [3.8, 4) is 0 Å². The average molecular weight is 386 g/mol. The van der Waals surface area contributed by atoms with Crippen molar-refractivity contribution in [2.45, 2.75) is 24.0 Å². The summed E-state index contributed by atoms with van der Waals surface area (Å²) >= 11 is 1.82. The summed E-state index contributed by atoms with van der Waals surface area (Å²) in [5.74, 6) is 0.928. The summed E-state index contributed by atoms with van der Waals surface area (Å²) in [7, 11) is 0. The van der Waals surface area contributed by atoms with Crippen molar-refractivity contribution in [3.63, 3.8) is 0 Å². The number of carbonyl (C=O) groups excluding carboxylic acids is 1. The predicted octanol–water partition coefficient (Wildman–Crippen LogP) is 2.32. The maximum atomic E-state index is 12.3. The molecule has 5 heteroatoms. The highest BCUT2D eigenvalue weighted by atomic mass is 32.2. The van der Waals surface area contributed by atoms with Gasteiger partial charge >= 0.3 is 0 Å². The molecule has 1 heterocycles. The van der Waals surface area contributed by atoms with Crippen molar-refractivity contribution in [3.05, 3.63) is 65.2 Å². The van der Waals surface area contributed by atoms with E-state index in [-0.39, 0.29) is 5.91 Å². The second kappa shape index (κ2) is 10.5. The molecule has 2 N–H and O–H groups in total. The van der Waals surface area contributed by atoms with Crippen LogP contribution in [0.4, 0.5) is 0 Å². The van der Waals surface area contributed by atoms with Gasteiger partial charge in [0, 0.05) is 29.2 Å². The number of benzene rings is 2. The van der Waals surface area contributed by atoms with E-state index in [4.69, 9.17) is 4.74 Å². The fraction of sp³-hybridized carbons (Fsp3) is 0.409. The number of nitrogens with one attached hydrogen (secondary N) is 2. The van der Waals surface area contributed by atoms with Gasteiger partial charge in [-0.2, -0.15) is 0 Å². The van der Waals surface area contributed by atoms with Gasteiger partial charge in [-0.15, -0.1) is 11.8 Å². The van der Waals surface area contributed by atoms with E-state index >= 15 is 0 Å². The fourth-order valence-corrected chi connectivity index (χ4v) is 3.96. The number of hydrogen-bond acceptors (Lipinski definition) is 3. The van der Waals surface area contributed by atoms with E-state index in [9.17, 15) is 4.79 Å². The molecule has 1 aliphatic rings. The van der Waals surface area contributed by atoms with E-state index in [2.05, 4.69) is 36.5 Å². The van der Waals surface area contributed by atoms with Crippen LogP contribution in [0.1, 0.15) is 27.9 Å². The van der Waals surface area contributed by atoms with Crippen molar-refractivity contribution in [1.29, 1.82) is 0 Å². The molecule has 1 aliphatic heterocycles. The van der Waals surface area contributed by atoms with Crippen molar-refractivity contribution >= 4 is 17.7 Å². The zero-order valence-electron chi connectivity index (χ0n) is 16.0. The third kappa shape index (κ3) is 6.69. The van der Waals surface area contributed by atoms with Gasteiger partial charge in [-0.1, -0.05) is 29.8 Å². The molecule has 1 fully saturated rings. The summed E-state index contributed by atoms with van der Waals surface area (Å²) in [6.07, 6.45) is 1.01. The summed E-state index contributed by atoms with van der Waals surface area (Å²) < 4.78 is 5.37. The molecule has 0 unspecified atom stereocenters. The Kier molecular flexibility index (Phi) is 7.75. The van der Waals surface area contributed by atoms with Gasteiger partial charge in [-0.05, 0) is 36.8 Å². The number of thioether (sulfide) groups is 1. The molecular weight excluding hydrogens is 356 g/mol. The van der Waals surface area contributed by atoms with Crippen LogP contribution in [0.2, 0.25) is 0 Å². The lowest BCUT2D eigenvalue weighted by molar-refractivity contribution is -0.908. The molecule has 0 radical (unpaired) electrons. The summed E-state index contributed by atoms with van der Waals surface area (Å²) in [5.41, 5.74) is 3.24. The van der Waals surface area contributed by atoms with Crippen LogP contribution >= 0.6 is 11.8 Å². The van der Waals surface area contributed by atoms with E-state index in [0.717, 1.165) is 57.1 Å². The number of hydrogen-bond donors (Lipinski definition) is 2. The van der Waals surface area contributed by atoms with Gasteiger partial charge in [0.2, 0.25) is 0 Å². The summed E-state index contributed by atoms with van der Waals surface area (Å²) in [4.78, 5) is 15.1. The van der Waals surface area contributed by atoms with Gasteiger partial charge < -0.3 is 15.0 Å². The lowest BCUT2D eigenvalue weighted by atomic mass is 10.1. The molecule has 0 atom stereocenters. The minimum Gasteiger partial charge on any atom is -0.370 e. The monoisotopic (exact) mass is 385 g/mol. The number of ether oxygens (including phenoxy) is 1. The minimum atomic E-state index is 0.0183. The Bertz CT molecular complexity index is 710. The molecule has 27 heavy (non-hydrogen) atoms. The Morgan fingerprint density at radius 2 is 1.78 bits per heavy atom. The van der Waals surface area contributed by atoms with E-state index in [1.54, 1.807) is 4.90 Å². The fourth-order valence-electron chi connectivity index (χ4n) is 3.11. The number of morpholine rings is 1. The van der Waals surface area contributed by atoms with Gasteiger partial charge in [0.1, 0.15) is 13.1 Å². The van der Waals surface area contributed by atoms with E-state index < -0.39 is 0 Å².